The van der Waals surface area contributed by atoms with Crippen LogP contribution in [0.4, 0.5) is 14.4 Å². The van der Waals surface area contributed by atoms with Crippen molar-refractivity contribution in [1.82, 2.24) is 21.3 Å². The standard InChI is InChI=1S/C14H25N3O5.C11H20N2O4.C11H19NO5.C6H11NO3.C6H12O2.C5H9NO4/c1-8(18)6-7-10(11(15)19)17-12(20)9(2)16-13(21)22-14(3,4)5;1-7(14)5-6-8(9(12)15)13-10(16)17-11(2,3)4;1-7(13)5-6-8(9(14)15)12-10(16)17-11(2,3)4;1-4(8)2-3-5(7)6(9)10;1-5(7)8-6(2,3)4;6-3(5(9)10)1-2-4(7)8/h9-10H,6-7H2,1-5H3,(H2,15,19)(H,16,21)(H,17,20);8H,5-6H2,1-4H3,(H2,12,15)(H,13,16);8H,5-6H2,1-4H3,(H,12,16)(H,14,15);5H,2-3,7H2,1H3,(H,9,10);1-4H3;3H,1-2,6H2,(H,7,8)(H,9,10)/t9-,10?;;;;;/m0...../s1. The number of esters is 1. The highest BCUT2D eigenvalue weighted by Crippen LogP contribution is 2.11. The minimum atomic E-state index is -1.18. The predicted molar refractivity (Wildman–Crippen MR) is 302 cm³/mol. The molecule has 6 atom stereocenters. The number of ketones is 4. The number of nitrogens with one attached hydrogen (secondary N) is 4. The number of rotatable bonds is 25. The van der Waals surface area contributed by atoms with E-state index in [1.54, 1.807) is 62.3 Å². The van der Waals surface area contributed by atoms with Crippen molar-refractivity contribution in [3.05, 3.63) is 0 Å². The summed E-state index contributed by atoms with van der Waals surface area (Å²) in [5, 5.41) is 42.7. The van der Waals surface area contributed by atoms with Gasteiger partial charge in [0, 0.05) is 39.0 Å². The number of primary amides is 2. The molecule has 0 aliphatic carbocycles. The van der Waals surface area contributed by atoms with E-state index in [0.29, 0.717) is 0 Å². The maximum Gasteiger partial charge on any atom is 0.408 e. The Balaban J connectivity index is -0.000000225. The number of ether oxygens (including phenoxy) is 4. The van der Waals surface area contributed by atoms with Gasteiger partial charge in [-0.05, 0) is 150 Å². The Morgan fingerprint density at radius 1 is 0.381 bits per heavy atom. The van der Waals surface area contributed by atoms with Gasteiger partial charge >= 0.3 is 48.1 Å². The third-order valence-electron chi connectivity index (χ3n) is 8.73. The number of carbonyl (C=O) groups is 15. The van der Waals surface area contributed by atoms with Crippen LogP contribution >= 0.6 is 0 Å². The quantitative estimate of drug-likeness (QED) is 0.0462. The van der Waals surface area contributed by atoms with Crippen LogP contribution in [0.25, 0.3) is 0 Å². The van der Waals surface area contributed by atoms with Crippen molar-refractivity contribution >= 4 is 89.0 Å². The van der Waals surface area contributed by atoms with Gasteiger partial charge in [-0.2, -0.15) is 0 Å². The molecule has 0 fully saturated rings. The van der Waals surface area contributed by atoms with Crippen LogP contribution in [0.1, 0.15) is 189 Å². The van der Waals surface area contributed by atoms with Gasteiger partial charge < -0.3 is 103 Å². The van der Waals surface area contributed by atoms with E-state index in [4.69, 9.17) is 62.3 Å². The molecule has 0 rings (SSSR count). The van der Waals surface area contributed by atoms with E-state index >= 15 is 0 Å². The highest BCUT2D eigenvalue weighted by molar-refractivity contribution is 5.91. The van der Waals surface area contributed by atoms with Gasteiger partial charge in [0.15, 0.2) is 0 Å². The molecule has 16 N–H and O–H groups in total. The van der Waals surface area contributed by atoms with Gasteiger partial charge in [0.05, 0.1) is 0 Å². The minimum Gasteiger partial charge on any atom is -0.481 e. The number of nitrogens with two attached hydrogens (primary N) is 4. The maximum absolute atomic E-state index is 11.9. The maximum atomic E-state index is 11.9. The molecule has 0 aliphatic heterocycles. The van der Waals surface area contributed by atoms with E-state index in [9.17, 15) is 71.9 Å². The average Bonchev–Trinajstić information content (AvgIpc) is 3.26. The Bertz CT molecular complexity index is 2080. The zero-order chi connectivity index (χ0) is 67.9. The molecule has 0 spiro atoms. The Labute approximate surface area is 490 Å². The summed E-state index contributed by atoms with van der Waals surface area (Å²) in [6, 6.07) is -5.81. The van der Waals surface area contributed by atoms with Crippen LogP contribution in [0, 0.1) is 0 Å². The molecular weight excluding hydrogens is 1120 g/mol. The van der Waals surface area contributed by atoms with Gasteiger partial charge in [-0.3, -0.25) is 33.6 Å². The zero-order valence-electron chi connectivity index (χ0n) is 51.9. The van der Waals surface area contributed by atoms with Crippen LogP contribution in [-0.4, -0.2) is 168 Å². The van der Waals surface area contributed by atoms with Crippen LogP contribution in [-0.2, 0) is 76.5 Å². The van der Waals surface area contributed by atoms with Crippen molar-refractivity contribution in [3.63, 3.8) is 0 Å². The van der Waals surface area contributed by atoms with Crippen LogP contribution in [0.15, 0.2) is 0 Å². The van der Waals surface area contributed by atoms with Gasteiger partial charge in [0.2, 0.25) is 17.7 Å². The largest absolute Gasteiger partial charge is 0.481 e. The number of carboxylic acid groups (broad SMARTS) is 4. The summed E-state index contributed by atoms with van der Waals surface area (Å²) in [4.78, 5) is 162. The number of Topliss-reactive ketones (excluding diaryl/α,β-unsaturated/α-hetero) is 4. The van der Waals surface area contributed by atoms with E-state index in [0.717, 1.165) is 0 Å². The predicted octanol–water partition coefficient (Wildman–Crippen LogP) is 2.69. The van der Waals surface area contributed by atoms with E-state index in [1.807, 2.05) is 20.8 Å². The second-order valence-corrected chi connectivity index (χ2v) is 22.5. The second kappa shape index (κ2) is 43.8. The van der Waals surface area contributed by atoms with Crippen LogP contribution in [0.2, 0.25) is 0 Å². The van der Waals surface area contributed by atoms with E-state index in [1.165, 1.54) is 41.5 Å². The monoisotopic (exact) mass is 1210 g/mol. The fourth-order valence-electron chi connectivity index (χ4n) is 4.93. The number of aliphatic carboxylic acids is 4. The fraction of sp³-hybridized carbons (Fsp3) is 0.717. The Morgan fingerprint density at radius 2 is 0.643 bits per heavy atom. The van der Waals surface area contributed by atoms with Gasteiger partial charge in [-0.15, -0.1) is 0 Å². The summed E-state index contributed by atoms with van der Waals surface area (Å²) in [6.07, 6.45) is -1.23. The molecule has 31 nitrogen and oxygen atoms in total. The van der Waals surface area contributed by atoms with Crippen molar-refractivity contribution in [1.29, 1.82) is 0 Å². The first-order chi connectivity index (χ1) is 37.6. The number of carbonyl (C=O) groups excluding carboxylic acids is 11. The number of alkyl carbamates (subject to hydrolysis) is 3. The SMILES string of the molecule is CC(=O)CCC(N)C(=O)O.CC(=O)CCC(NC(=O)OC(C)(C)C)C(=O)O.CC(=O)CCC(NC(=O)OC(C)(C)C)C(N)=O.CC(=O)CCC(NC(=O)[C@H](C)NC(=O)OC(C)(C)C)C(N)=O.CC(=O)OC(C)(C)C.NC(CCC(=O)O)C(=O)O. The summed E-state index contributed by atoms with van der Waals surface area (Å²) in [7, 11) is 0. The molecule has 0 heterocycles. The smallest absolute Gasteiger partial charge is 0.408 e. The van der Waals surface area contributed by atoms with Crippen molar-refractivity contribution in [2.45, 2.75) is 247 Å². The molecular formula is C53H96N8O23. The summed E-state index contributed by atoms with van der Waals surface area (Å²) < 4.78 is 19.7. The number of amides is 6. The summed E-state index contributed by atoms with van der Waals surface area (Å²) in [5.74, 6) is -7.00. The first kappa shape index (κ1) is 87.4. The van der Waals surface area contributed by atoms with Gasteiger partial charge in [-0.25, -0.2) is 19.2 Å². The van der Waals surface area contributed by atoms with Gasteiger partial charge in [-0.1, -0.05) is 0 Å². The Kier molecular flexibility index (Phi) is 45.6. The van der Waals surface area contributed by atoms with Crippen LogP contribution in [0.3, 0.4) is 0 Å². The molecule has 0 aromatic carbocycles. The Morgan fingerprint density at radius 3 is 0.881 bits per heavy atom. The minimum absolute atomic E-state index is 0.0231. The van der Waals surface area contributed by atoms with Crippen LogP contribution < -0.4 is 44.2 Å². The molecule has 0 bridgehead atoms. The topological polar surface area (TPSA) is 526 Å². The summed E-state index contributed by atoms with van der Waals surface area (Å²) >= 11 is 0. The van der Waals surface area contributed by atoms with Crippen molar-refractivity contribution in [3.8, 4) is 0 Å². The normalized spacial score (nSPS) is 12.8. The van der Waals surface area contributed by atoms with E-state index in [-0.39, 0.29) is 98.9 Å². The lowest BCUT2D eigenvalue weighted by Crippen LogP contribution is -2.52. The third kappa shape index (κ3) is 66.7. The molecule has 0 aromatic rings. The van der Waals surface area contributed by atoms with E-state index in [2.05, 4.69) is 21.3 Å². The van der Waals surface area contributed by atoms with Crippen molar-refractivity contribution in [2.24, 2.45) is 22.9 Å². The number of hydrogen-bond donors (Lipinski definition) is 12. The molecule has 486 valence electrons. The summed E-state index contributed by atoms with van der Waals surface area (Å²) in [6.45, 7) is 29.2. The molecule has 0 saturated carbocycles. The molecule has 5 unspecified atom stereocenters. The average molecular weight is 1210 g/mol. The molecule has 0 aromatic heterocycles. The first-order valence-corrected chi connectivity index (χ1v) is 26.1. The lowest BCUT2D eigenvalue weighted by atomic mass is 10.1. The van der Waals surface area contributed by atoms with Crippen molar-refractivity contribution < 1.29 is 111 Å². The molecule has 0 aliphatic rings. The molecule has 84 heavy (non-hydrogen) atoms. The number of carboxylic acids is 4. The van der Waals surface area contributed by atoms with E-state index < -0.39 is 113 Å². The molecule has 31 heteroatoms. The third-order valence-corrected chi connectivity index (χ3v) is 8.73. The van der Waals surface area contributed by atoms with Gasteiger partial charge in [0.1, 0.15) is 81.8 Å². The zero-order valence-corrected chi connectivity index (χ0v) is 51.9. The second-order valence-electron chi connectivity index (χ2n) is 22.5. The first-order valence-electron chi connectivity index (χ1n) is 26.1. The molecule has 6 amide bonds. The number of hydrogen-bond acceptors (Lipinski definition) is 21. The van der Waals surface area contributed by atoms with Gasteiger partial charge in [0.25, 0.3) is 0 Å². The Hall–Kier alpha value is -7.83. The van der Waals surface area contributed by atoms with Crippen LogP contribution in [0.5, 0.6) is 0 Å². The lowest BCUT2D eigenvalue weighted by Gasteiger charge is -2.22. The molecule has 0 radical (unpaired) electrons. The lowest BCUT2D eigenvalue weighted by molar-refractivity contribution is -0.152. The molecule has 0 saturated heterocycles. The summed E-state index contributed by atoms with van der Waals surface area (Å²) in [5.41, 5.74) is 18.1. The highest BCUT2D eigenvalue weighted by Gasteiger charge is 2.27. The van der Waals surface area contributed by atoms with Crippen molar-refractivity contribution in [2.75, 3.05) is 0 Å². The highest BCUT2D eigenvalue weighted by atomic mass is 16.6. The fourth-order valence-corrected chi connectivity index (χ4v) is 4.93.